The third kappa shape index (κ3) is 2.45. The quantitative estimate of drug-likeness (QED) is 0.894. The van der Waals surface area contributed by atoms with Gasteiger partial charge in [0, 0.05) is 16.6 Å². The zero-order valence-electron chi connectivity index (χ0n) is 10.4. The molecule has 0 bridgehead atoms. The SMILES string of the molecule is Cc1c(Cl)cccc1-c1ccc(CNC2CC2)o1. The van der Waals surface area contributed by atoms with Gasteiger partial charge in [-0.2, -0.15) is 0 Å². The topological polar surface area (TPSA) is 25.2 Å². The van der Waals surface area contributed by atoms with Crippen LogP contribution in [0.25, 0.3) is 11.3 Å². The van der Waals surface area contributed by atoms with Gasteiger partial charge >= 0.3 is 0 Å². The lowest BCUT2D eigenvalue weighted by molar-refractivity contribution is 0.492. The molecule has 0 radical (unpaired) electrons. The van der Waals surface area contributed by atoms with Crippen LogP contribution in [-0.4, -0.2) is 6.04 Å². The fourth-order valence-corrected chi connectivity index (χ4v) is 2.20. The first-order chi connectivity index (χ1) is 8.74. The van der Waals surface area contributed by atoms with E-state index >= 15 is 0 Å². The van der Waals surface area contributed by atoms with Gasteiger partial charge in [0.1, 0.15) is 11.5 Å². The van der Waals surface area contributed by atoms with Crippen LogP contribution in [0.15, 0.2) is 34.7 Å². The summed E-state index contributed by atoms with van der Waals surface area (Å²) in [6, 6.07) is 10.6. The van der Waals surface area contributed by atoms with Gasteiger partial charge in [-0.25, -0.2) is 0 Å². The predicted molar refractivity (Wildman–Crippen MR) is 73.8 cm³/mol. The van der Waals surface area contributed by atoms with E-state index in [1.54, 1.807) is 0 Å². The van der Waals surface area contributed by atoms with E-state index < -0.39 is 0 Å². The Morgan fingerprint density at radius 3 is 2.89 bits per heavy atom. The van der Waals surface area contributed by atoms with Crippen LogP contribution in [0.2, 0.25) is 5.02 Å². The maximum absolute atomic E-state index is 6.13. The molecule has 0 unspecified atom stereocenters. The summed E-state index contributed by atoms with van der Waals surface area (Å²) in [6.45, 7) is 2.83. The van der Waals surface area contributed by atoms with Crippen LogP contribution in [0.5, 0.6) is 0 Å². The van der Waals surface area contributed by atoms with Crippen molar-refractivity contribution in [1.82, 2.24) is 5.32 Å². The summed E-state index contributed by atoms with van der Waals surface area (Å²) in [5.41, 5.74) is 2.13. The lowest BCUT2D eigenvalue weighted by Gasteiger charge is -2.04. The van der Waals surface area contributed by atoms with Crippen molar-refractivity contribution in [3.8, 4) is 11.3 Å². The highest BCUT2D eigenvalue weighted by Gasteiger charge is 2.20. The summed E-state index contributed by atoms with van der Waals surface area (Å²) in [7, 11) is 0. The standard InChI is InChI=1S/C15H16ClNO/c1-10-13(3-2-4-14(10)16)15-8-7-12(18-15)9-17-11-5-6-11/h2-4,7-8,11,17H,5-6,9H2,1H3. The zero-order chi connectivity index (χ0) is 12.5. The van der Waals surface area contributed by atoms with Crippen LogP contribution >= 0.6 is 11.6 Å². The van der Waals surface area contributed by atoms with Gasteiger partial charge in [0.2, 0.25) is 0 Å². The van der Waals surface area contributed by atoms with Crippen LogP contribution in [0.3, 0.4) is 0 Å². The van der Waals surface area contributed by atoms with Gasteiger partial charge in [-0.15, -0.1) is 0 Å². The molecule has 1 aromatic carbocycles. The smallest absolute Gasteiger partial charge is 0.134 e. The average Bonchev–Trinajstić information content (AvgIpc) is 3.08. The molecule has 18 heavy (non-hydrogen) atoms. The van der Waals surface area contributed by atoms with Crippen molar-refractivity contribution in [2.24, 2.45) is 0 Å². The summed E-state index contributed by atoms with van der Waals surface area (Å²) in [6.07, 6.45) is 2.59. The van der Waals surface area contributed by atoms with E-state index in [2.05, 4.69) is 5.32 Å². The minimum atomic E-state index is 0.700. The van der Waals surface area contributed by atoms with Crippen molar-refractivity contribution in [2.45, 2.75) is 32.4 Å². The molecule has 1 heterocycles. The predicted octanol–water partition coefficient (Wildman–Crippen LogP) is 4.16. The Hall–Kier alpha value is -1.25. The first-order valence-corrected chi connectivity index (χ1v) is 6.69. The molecule has 3 heteroatoms. The van der Waals surface area contributed by atoms with Gasteiger partial charge in [0.25, 0.3) is 0 Å². The number of halogens is 1. The van der Waals surface area contributed by atoms with Gasteiger partial charge in [-0.05, 0) is 43.5 Å². The normalized spacial score (nSPS) is 15.0. The van der Waals surface area contributed by atoms with Crippen LogP contribution in [0.1, 0.15) is 24.2 Å². The number of hydrogen-bond acceptors (Lipinski definition) is 2. The Kier molecular flexibility index (Phi) is 3.14. The molecule has 2 aromatic rings. The largest absolute Gasteiger partial charge is 0.460 e. The maximum atomic E-state index is 6.13. The van der Waals surface area contributed by atoms with E-state index in [-0.39, 0.29) is 0 Å². The van der Waals surface area contributed by atoms with Gasteiger partial charge < -0.3 is 9.73 Å². The highest BCUT2D eigenvalue weighted by Crippen LogP contribution is 2.30. The Balaban J connectivity index is 1.80. The molecule has 1 fully saturated rings. The molecule has 0 aliphatic heterocycles. The second kappa shape index (κ2) is 4.79. The van der Waals surface area contributed by atoms with Gasteiger partial charge in [0.05, 0.1) is 6.54 Å². The second-order valence-corrected chi connectivity index (χ2v) is 5.24. The van der Waals surface area contributed by atoms with E-state index in [4.69, 9.17) is 16.0 Å². The van der Waals surface area contributed by atoms with Crippen molar-refractivity contribution in [3.63, 3.8) is 0 Å². The minimum Gasteiger partial charge on any atom is -0.460 e. The molecule has 94 valence electrons. The first kappa shape index (κ1) is 11.8. The summed E-state index contributed by atoms with van der Waals surface area (Å²) in [5.74, 6) is 1.87. The monoisotopic (exact) mass is 261 g/mol. The lowest BCUT2D eigenvalue weighted by Crippen LogP contribution is -2.14. The summed E-state index contributed by atoms with van der Waals surface area (Å²) >= 11 is 6.13. The Morgan fingerprint density at radius 1 is 1.28 bits per heavy atom. The van der Waals surface area contributed by atoms with Crippen molar-refractivity contribution in [3.05, 3.63) is 46.7 Å². The third-order valence-electron chi connectivity index (χ3n) is 3.34. The zero-order valence-corrected chi connectivity index (χ0v) is 11.1. The minimum absolute atomic E-state index is 0.700. The number of benzene rings is 1. The Labute approximate surface area is 112 Å². The molecule has 0 amide bonds. The fourth-order valence-electron chi connectivity index (χ4n) is 2.02. The number of furan rings is 1. The van der Waals surface area contributed by atoms with Crippen molar-refractivity contribution in [1.29, 1.82) is 0 Å². The molecule has 0 saturated heterocycles. The fraction of sp³-hybridized carbons (Fsp3) is 0.333. The molecule has 1 aliphatic carbocycles. The molecule has 1 aliphatic rings. The first-order valence-electron chi connectivity index (χ1n) is 6.31. The van der Waals surface area contributed by atoms with Crippen molar-refractivity contribution < 1.29 is 4.42 Å². The molecule has 1 N–H and O–H groups in total. The highest BCUT2D eigenvalue weighted by atomic mass is 35.5. The Morgan fingerprint density at radius 2 is 2.11 bits per heavy atom. The maximum Gasteiger partial charge on any atom is 0.134 e. The summed E-state index contributed by atoms with van der Waals surface area (Å²) in [4.78, 5) is 0. The van der Waals surface area contributed by atoms with Gasteiger partial charge in [-0.1, -0.05) is 23.7 Å². The van der Waals surface area contributed by atoms with E-state index in [9.17, 15) is 0 Å². The summed E-state index contributed by atoms with van der Waals surface area (Å²) < 4.78 is 5.86. The molecule has 3 rings (SSSR count). The number of nitrogens with one attached hydrogen (secondary N) is 1. The molecule has 0 atom stereocenters. The lowest BCUT2D eigenvalue weighted by atomic mass is 10.1. The van der Waals surface area contributed by atoms with Gasteiger partial charge in [0.15, 0.2) is 0 Å². The number of rotatable bonds is 4. The van der Waals surface area contributed by atoms with Crippen LogP contribution in [0.4, 0.5) is 0 Å². The number of hydrogen-bond donors (Lipinski definition) is 1. The second-order valence-electron chi connectivity index (χ2n) is 4.83. The molecular weight excluding hydrogens is 246 g/mol. The average molecular weight is 262 g/mol. The van der Waals surface area contributed by atoms with E-state index in [1.807, 2.05) is 37.3 Å². The van der Waals surface area contributed by atoms with Crippen molar-refractivity contribution in [2.75, 3.05) is 0 Å². The Bertz CT molecular complexity index is 557. The van der Waals surface area contributed by atoms with Crippen molar-refractivity contribution >= 4 is 11.6 Å². The van der Waals surface area contributed by atoms with E-state index in [1.165, 1.54) is 12.8 Å². The van der Waals surface area contributed by atoms with E-state index in [0.717, 1.165) is 34.2 Å². The van der Waals surface area contributed by atoms with Crippen LogP contribution in [-0.2, 0) is 6.54 Å². The van der Waals surface area contributed by atoms with E-state index in [0.29, 0.717) is 6.04 Å². The summed E-state index contributed by atoms with van der Waals surface area (Å²) in [5, 5.41) is 4.22. The molecule has 2 nitrogen and oxygen atoms in total. The van der Waals surface area contributed by atoms with Gasteiger partial charge in [-0.3, -0.25) is 0 Å². The molecule has 1 aromatic heterocycles. The molecule has 1 saturated carbocycles. The molecule has 0 spiro atoms. The van der Waals surface area contributed by atoms with Crippen LogP contribution < -0.4 is 5.32 Å². The molecular formula is C15H16ClNO. The highest BCUT2D eigenvalue weighted by molar-refractivity contribution is 6.31. The third-order valence-corrected chi connectivity index (χ3v) is 3.75. The van der Waals surface area contributed by atoms with Crippen LogP contribution in [0, 0.1) is 6.92 Å².